The van der Waals surface area contributed by atoms with Crippen LogP contribution >= 0.6 is 34.3 Å². The van der Waals surface area contributed by atoms with Gasteiger partial charge in [-0.25, -0.2) is 18.2 Å². The fraction of sp³-hybridized carbons (Fsp3) is 0.125. The Labute approximate surface area is 157 Å². The highest BCUT2D eigenvalue weighted by Crippen LogP contribution is 2.41. The Balaban J connectivity index is 2.17. The highest BCUT2D eigenvalue weighted by atomic mass is 35.5. The molecule has 1 N–H and O–H groups in total. The molecule has 0 bridgehead atoms. The van der Waals surface area contributed by atoms with Crippen LogP contribution in [0.5, 0.6) is 0 Å². The highest BCUT2D eigenvalue weighted by molar-refractivity contribution is 7.93. The van der Waals surface area contributed by atoms with E-state index in [0.29, 0.717) is 26.9 Å². The quantitative estimate of drug-likeness (QED) is 0.675. The van der Waals surface area contributed by atoms with Crippen LogP contribution in [0.1, 0.15) is 15.2 Å². The van der Waals surface area contributed by atoms with Gasteiger partial charge < -0.3 is 5.11 Å². The molecule has 0 fully saturated rings. The van der Waals surface area contributed by atoms with Crippen LogP contribution in [-0.2, 0) is 9.84 Å². The third kappa shape index (κ3) is 3.48. The maximum absolute atomic E-state index is 12.1. The molecule has 0 saturated carbocycles. The summed E-state index contributed by atoms with van der Waals surface area (Å²) in [4.78, 5) is 15.9. The first-order valence-corrected chi connectivity index (χ1v) is 10.9. The standard InChI is InChI=1S/C16H12ClNO4S3/c1-8-12(16(25(2,21)22)24-13(8)15(19)20)14-18-11(7-23-14)9-3-5-10(17)6-4-9/h3-7H,1-2H3,(H,19,20). The van der Waals surface area contributed by atoms with Gasteiger partial charge in [-0.3, -0.25) is 0 Å². The van der Waals surface area contributed by atoms with E-state index in [0.717, 1.165) is 23.2 Å². The van der Waals surface area contributed by atoms with Crippen molar-refractivity contribution in [1.82, 2.24) is 4.98 Å². The first-order valence-electron chi connectivity index (χ1n) is 6.97. The lowest BCUT2D eigenvalue weighted by atomic mass is 10.1. The topological polar surface area (TPSA) is 84.3 Å². The van der Waals surface area contributed by atoms with Crippen molar-refractivity contribution in [3.05, 3.63) is 45.1 Å². The van der Waals surface area contributed by atoms with Crippen molar-refractivity contribution >= 4 is 50.1 Å². The molecule has 0 amide bonds. The summed E-state index contributed by atoms with van der Waals surface area (Å²) in [5.74, 6) is -1.15. The average molecular weight is 414 g/mol. The molecule has 0 spiro atoms. The third-order valence-corrected chi connectivity index (χ3v) is 7.73. The summed E-state index contributed by atoms with van der Waals surface area (Å²) in [5, 5.41) is 12.2. The second-order valence-corrected chi connectivity index (χ2v) is 9.87. The van der Waals surface area contributed by atoms with Gasteiger partial charge in [-0.1, -0.05) is 23.7 Å². The number of sulfone groups is 1. The Morgan fingerprint density at radius 3 is 2.44 bits per heavy atom. The number of thiophene rings is 1. The van der Waals surface area contributed by atoms with Gasteiger partial charge in [0.1, 0.15) is 14.1 Å². The van der Waals surface area contributed by atoms with Crippen LogP contribution in [0.15, 0.2) is 33.9 Å². The maximum Gasteiger partial charge on any atom is 0.346 e. The van der Waals surface area contributed by atoms with Gasteiger partial charge in [0.05, 0.1) is 5.69 Å². The van der Waals surface area contributed by atoms with E-state index in [-0.39, 0.29) is 9.09 Å². The van der Waals surface area contributed by atoms with Crippen molar-refractivity contribution < 1.29 is 18.3 Å². The number of halogens is 1. The first kappa shape index (κ1) is 18.1. The molecule has 3 rings (SSSR count). The number of aromatic carboxylic acids is 1. The zero-order valence-corrected chi connectivity index (χ0v) is 16.3. The molecule has 0 aliphatic carbocycles. The molecule has 9 heteroatoms. The fourth-order valence-corrected chi connectivity index (χ4v) is 5.89. The lowest BCUT2D eigenvalue weighted by Crippen LogP contribution is -1.96. The van der Waals surface area contributed by atoms with E-state index in [1.165, 1.54) is 11.3 Å². The maximum atomic E-state index is 12.1. The van der Waals surface area contributed by atoms with Crippen molar-refractivity contribution in [2.75, 3.05) is 6.26 Å². The molecule has 2 aromatic heterocycles. The normalized spacial score (nSPS) is 11.6. The van der Waals surface area contributed by atoms with Crippen molar-refractivity contribution in [3.63, 3.8) is 0 Å². The average Bonchev–Trinajstić information content (AvgIpc) is 3.11. The second kappa shape index (κ2) is 6.53. The number of aromatic nitrogens is 1. The molecule has 25 heavy (non-hydrogen) atoms. The van der Waals surface area contributed by atoms with Gasteiger partial charge in [0, 0.05) is 27.8 Å². The van der Waals surface area contributed by atoms with Crippen LogP contribution in [0.4, 0.5) is 0 Å². The van der Waals surface area contributed by atoms with E-state index in [9.17, 15) is 18.3 Å². The number of carboxylic acid groups (broad SMARTS) is 1. The van der Waals surface area contributed by atoms with E-state index in [2.05, 4.69) is 4.98 Å². The van der Waals surface area contributed by atoms with Crippen LogP contribution in [0.2, 0.25) is 5.02 Å². The van der Waals surface area contributed by atoms with Crippen LogP contribution in [0, 0.1) is 6.92 Å². The predicted molar refractivity (Wildman–Crippen MR) is 101 cm³/mol. The Kier molecular flexibility index (Phi) is 4.72. The van der Waals surface area contributed by atoms with Crippen LogP contribution in [0.3, 0.4) is 0 Å². The van der Waals surface area contributed by atoms with E-state index in [4.69, 9.17) is 11.6 Å². The molecular weight excluding hydrogens is 402 g/mol. The van der Waals surface area contributed by atoms with Crippen LogP contribution < -0.4 is 0 Å². The minimum atomic E-state index is -3.57. The van der Waals surface area contributed by atoms with E-state index < -0.39 is 15.8 Å². The number of benzene rings is 1. The number of rotatable bonds is 4. The number of carbonyl (C=O) groups is 1. The molecule has 0 saturated heterocycles. The smallest absolute Gasteiger partial charge is 0.346 e. The summed E-state index contributed by atoms with van der Waals surface area (Å²) in [6.07, 6.45) is 1.07. The lowest BCUT2D eigenvalue weighted by molar-refractivity contribution is 0.0701. The van der Waals surface area contributed by atoms with Gasteiger partial charge in [0.25, 0.3) is 0 Å². The summed E-state index contributed by atoms with van der Waals surface area (Å²) >= 11 is 7.93. The molecule has 0 aliphatic rings. The molecule has 130 valence electrons. The molecule has 0 radical (unpaired) electrons. The first-order chi connectivity index (χ1) is 11.7. The van der Waals surface area contributed by atoms with Gasteiger partial charge in [-0.15, -0.1) is 22.7 Å². The van der Waals surface area contributed by atoms with E-state index in [1.54, 1.807) is 19.1 Å². The molecule has 1 aromatic carbocycles. The second-order valence-electron chi connectivity index (χ2n) is 5.34. The van der Waals surface area contributed by atoms with Gasteiger partial charge in [0.2, 0.25) is 0 Å². The Bertz CT molecular complexity index is 1070. The van der Waals surface area contributed by atoms with Crippen molar-refractivity contribution in [2.45, 2.75) is 11.1 Å². The SMILES string of the molecule is Cc1c(C(=O)O)sc(S(C)(=O)=O)c1-c1nc(-c2ccc(Cl)cc2)cs1. The summed E-state index contributed by atoms with van der Waals surface area (Å²) in [5.41, 5.74) is 2.31. The third-order valence-electron chi connectivity index (χ3n) is 3.50. The molecule has 2 heterocycles. The number of thiazole rings is 1. The fourth-order valence-electron chi connectivity index (χ4n) is 2.34. The Morgan fingerprint density at radius 1 is 1.24 bits per heavy atom. The molecular formula is C16H12ClNO4S3. The van der Waals surface area contributed by atoms with Gasteiger partial charge in [-0.05, 0) is 24.6 Å². The minimum absolute atomic E-state index is 0.0127. The molecule has 0 unspecified atom stereocenters. The summed E-state index contributed by atoms with van der Waals surface area (Å²) < 4.78 is 24.2. The van der Waals surface area contributed by atoms with E-state index >= 15 is 0 Å². The molecule has 0 aliphatic heterocycles. The number of nitrogens with zero attached hydrogens (tertiary/aromatic N) is 1. The van der Waals surface area contributed by atoms with Gasteiger partial charge in [0.15, 0.2) is 9.84 Å². The summed E-state index contributed by atoms with van der Waals surface area (Å²) in [6, 6.07) is 7.13. The molecule has 3 aromatic rings. The Morgan fingerprint density at radius 2 is 1.88 bits per heavy atom. The van der Waals surface area contributed by atoms with Crippen LogP contribution in [-0.4, -0.2) is 30.7 Å². The largest absolute Gasteiger partial charge is 0.477 e. The van der Waals surface area contributed by atoms with Crippen LogP contribution in [0.25, 0.3) is 21.8 Å². The van der Waals surface area contributed by atoms with Crippen molar-refractivity contribution in [1.29, 1.82) is 0 Å². The monoisotopic (exact) mass is 413 g/mol. The highest BCUT2D eigenvalue weighted by Gasteiger charge is 2.27. The molecule has 5 nitrogen and oxygen atoms in total. The van der Waals surface area contributed by atoms with E-state index in [1.807, 2.05) is 17.5 Å². The lowest BCUT2D eigenvalue weighted by Gasteiger charge is -2.01. The zero-order chi connectivity index (χ0) is 18.4. The number of carboxylic acids is 1. The van der Waals surface area contributed by atoms with Gasteiger partial charge in [-0.2, -0.15) is 0 Å². The summed E-state index contributed by atoms with van der Waals surface area (Å²) in [6.45, 7) is 1.60. The minimum Gasteiger partial charge on any atom is -0.477 e. The zero-order valence-electron chi connectivity index (χ0n) is 13.1. The Hall–Kier alpha value is -1.74. The summed E-state index contributed by atoms with van der Waals surface area (Å²) in [7, 11) is -3.57. The van der Waals surface area contributed by atoms with Crippen molar-refractivity contribution in [3.8, 4) is 21.8 Å². The number of hydrogen-bond acceptors (Lipinski definition) is 6. The number of hydrogen-bond donors (Lipinski definition) is 1. The predicted octanol–water partition coefficient (Wildman–Crippen LogP) is 4.60. The van der Waals surface area contributed by atoms with Gasteiger partial charge >= 0.3 is 5.97 Å². The van der Waals surface area contributed by atoms with Crippen molar-refractivity contribution in [2.24, 2.45) is 0 Å². The molecule has 0 atom stereocenters.